The minimum Gasteiger partial charge on any atom is -0.397 e. The molecule has 0 bridgehead atoms. The van der Waals surface area contributed by atoms with Crippen molar-refractivity contribution in [2.45, 2.75) is 0 Å². The Kier molecular flexibility index (Phi) is 3.53. The van der Waals surface area contributed by atoms with Crippen LogP contribution in [0.25, 0.3) is 0 Å². The molecule has 100 valence electrons. The van der Waals surface area contributed by atoms with Crippen molar-refractivity contribution in [3.05, 3.63) is 53.3 Å². The van der Waals surface area contributed by atoms with Gasteiger partial charge in [-0.1, -0.05) is 0 Å². The first-order valence-electron chi connectivity index (χ1n) is 5.67. The van der Waals surface area contributed by atoms with Crippen LogP contribution in [-0.4, -0.2) is 5.91 Å². The Bertz CT molecular complexity index is 722. The lowest BCUT2D eigenvalue weighted by atomic mass is 10.1. The highest BCUT2D eigenvalue weighted by molar-refractivity contribution is 5.95. The van der Waals surface area contributed by atoms with Gasteiger partial charge in [0.25, 0.3) is 0 Å². The number of nitrogens with zero attached hydrogens (tertiary/aromatic N) is 1. The average Bonchev–Trinajstić information content (AvgIpc) is 2.42. The number of halogens is 1. The molecule has 0 radical (unpaired) electrons. The summed E-state index contributed by atoms with van der Waals surface area (Å²) in [5.41, 5.74) is 12.3. The standard InChI is InChI=1S/C14H11FN4O/c15-10-5-8(7-16)1-4-12(10)19-13-6-9(14(18)20)2-3-11(13)17/h1-6,19H,17H2,(H2,18,20). The first-order valence-corrected chi connectivity index (χ1v) is 5.67. The molecule has 2 rings (SSSR count). The predicted octanol–water partition coefficient (Wildman–Crippen LogP) is 2.12. The first kappa shape index (κ1) is 13.4. The number of nitriles is 1. The summed E-state index contributed by atoms with van der Waals surface area (Å²) in [6, 6.07) is 10.3. The van der Waals surface area contributed by atoms with E-state index in [1.807, 2.05) is 6.07 Å². The highest BCUT2D eigenvalue weighted by Crippen LogP contribution is 2.26. The minimum absolute atomic E-state index is 0.150. The van der Waals surface area contributed by atoms with Crippen molar-refractivity contribution in [2.24, 2.45) is 5.73 Å². The Labute approximate surface area is 114 Å². The molecule has 5 nitrogen and oxygen atoms in total. The van der Waals surface area contributed by atoms with Gasteiger partial charge in [0.2, 0.25) is 5.91 Å². The van der Waals surface area contributed by atoms with Crippen LogP contribution in [0.3, 0.4) is 0 Å². The number of carbonyl (C=O) groups is 1. The summed E-state index contributed by atoms with van der Waals surface area (Å²) in [4.78, 5) is 11.1. The number of benzene rings is 2. The number of nitrogens with two attached hydrogens (primary N) is 2. The smallest absolute Gasteiger partial charge is 0.248 e. The maximum Gasteiger partial charge on any atom is 0.248 e. The number of amides is 1. The average molecular weight is 270 g/mol. The third-order valence-corrected chi connectivity index (χ3v) is 2.71. The fourth-order valence-corrected chi connectivity index (χ4v) is 1.65. The molecular weight excluding hydrogens is 259 g/mol. The predicted molar refractivity (Wildman–Crippen MR) is 73.8 cm³/mol. The Morgan fingerprint density at radius 3 is 2.55 bits per heavy atom. The lowest BCUT2D eigenvalue weighted by Gasteiger charge is -2.11. The fourth-order valence-electron chi connectivity index (χ4n) is 1.65. The third-order valence-electron chi connectivity index (χ3n) is 2.71. The Morgan fingerprint density at radius 2 is 1.95 bits per heavy atom. The Morgan fingerprint density at radius 1 is 1.20 bits per heavy atom. The number of carbonyl (C=O) groups excluding carboxylic acids is 1. The van der Waals surface area contributed by atoms with E-state index in [0.29, 0.717) is 11.4 Å². The molecule has 0 aliphatic rings. The summed E-state index contributed by atoms with van der Waals surface area (Å²) in [6.07, 6.45) is 0. The third kappa shape index (κ3) is 2.67. The van der Waals surface area contributed by atoms with Gasteiger partial charge in [0.1, 0.15) is 5.82 Å². The van der Waals surface area contributed by atoms with Crippen LogP contribution in [0.1, 0.15) is 15.9 Å². The molecule has 1 amide bonds. The van der Waals surface area contributed by atoms with Crippen molar-refractivity contribution >= 4 is 23.0 Å². The molecule has 6 heteroatoms. The van der Waals surface area contributed by atoms with Crippen LogP contribution < -0.4 is 16.8 Å². The van der Waals surface area contributed by atoms with Gasteiger partial charge in [0, 0.05) is 5.56 Å². The second-order valence-electron chi connectivity index (χ2n) is 4.10. The van der Waals surface area contributed by atoms with Gasteiger partial charge in [-0.15, -0.1) is 0 Å². The van der Waals surface area contributed by atoms with E-state index in [4.69, 9.17) is 16.7 Å². The van der Waals surface area contributed by atoms with E-state index in [2.05, 4.69) is 5.32 Å². The summed E-state index contributed by atoms with van der Waals surface area (Å²) < 4.78 is 13.8. The van der Waals surface area contributed by atoms with Crippen LogP contribution in [0, 0.1) is 17.1 Å². The van der Waals surface area contributed by atoms with Crippen LogP contribution in [-0.2, 0) is 0 Å². The molecule has 0 saturated carbocycles. The van der Waals surface area contributed by atoms with E-state index in [9.17, 15) is 9.18 Å². The van der Waals surface area contributed by atoms with E-state index in [-0.39, 0.29) is 16.8 Å². The van der Waals surface area contributed by atoms with Crippen molar-refractivity contribution in [1.82, 2.24) is 0 Å². The van der Waals surface area contributed by atoms with Crippen LogP contribution in [0.4, 0.5) is 21.5 Å². The molecule has 0 aliphatic heterocycles. The summed E-state index contributed by atoms with van der Waals surface area (Å²) in [7, 11) is 0. The monoisotopic (exact) mass is 270 g/mol. The summed E-state index contributed by atoms with van der Waals surface area (Å²) in [6.45, 7) is 0. The van der Waals surface area contributed by atoms with Crippen LogP contribution in [0.15, 0.2) is 36.4 Å². The molecule has 0 fully saturated rings. The van der Waals surface area contributed by atoms with Crippen LogP contribution >= 0.6 is 0 Å². The molecule has 0 saturated heterocycles. The van der Waals surface area contributed by atoms with Crippen molar-refractivity contribution in [3.63, 3.8) is 0 Å². The van der Waals surface area contributed by atoms with Gasteiger partial charge in [0.05, 0.1) is 28.7 Å². The summed E-state index contributed by atoms with van der Waals surface area (Å²) in [5.74, 6) is -1.19. The number of nitrogens with one attached hydrogen (secondary N) is 1. The molecule has 0 aromatic heterocycles. The van der Waals surface area contributed by atoms with Gasteiger partial charge < -0.3 is 16.8 Å². The SMILES string of the molecule is N#Cc1ccc(Nc2cc(C(N)=O)ccc2N)c(F)c1. The molecule has 2 aromatic carbocycles. The van der Waals surface area contributed by atoms with Crippen molar-refractivity contribution < 1.29 is 9.18 Å². The molecule has 20 heavy (non-hydrogen) atoms. The maximum absolute atomic E-state index is 13.8. The number of anilines is 3. The quantitative estimate of drug-likeness (QED) is 0.743. The zero-order valence-corrected chi connectivity index (χ0v) is 10.4. The second kappa shape index (κ2) is 5.28. The Balaban J connectivity index is 2.37. The molecule has 5 N–H and O–H groups in total. The number of hydrogen-bond donors (Lipinski definition) is 3. The van der Waals surface area contributed by atoms with E-state index in [0.717, 1.165) is 6.07 Å². The summed E-state index contributed by atoms with van der Waals surface area (Å²) >= 11 is 0. The minimum atomic E-state index is -0.603. The Hall–Kier alpha value is -3.07. The van der Waals surface area contributed by atoms with Gasteiger partial charge in [-0.05, 0) is 36.4 Å². The van der Waals surface area contributed by atoms with Gasteiger partial charge in [-0.25, -0.2) is 4.39 Å². The number of rotatable bonds is 3. The van der Waals surface area contributed by atoms with Crippen LogP contribution in [0.5, 0.6) is 0 Å². The largest absolute Gasteiger partial charge is 0.397 e. The highest BCUT2D eigenvalue weighted by Gasteiger charge is 2.08. The fraction of sp³-hybridized carbons (Fsp3) is 0. The van der Waals surface area contributed by atoms with Crippen molar-refractivity contribution in [1.29, 1.82) is 5.26 Å². The second-order valence-corrected chi connectivity index (χ2v) is 4.10. The molecule has 0 heterocycles. The molecule has 0 atom stereocenters. The van der Waals surface area contributed by atoms with Gasteiger partial charge >= 0.3 is 0 Å². The summed E-state index contributed by atoms with van der Waals surface area (Å²) in [5, 5.41) is 11.4. The van der Waals surface area contributed by atoms with Crippen molar-refractivity contribution in [3.8, 4) is 6.07 Å². The number of primary amides is 1. The van der Waals surface area contributed by atoms with Crippen molar-refractivity contribution in [2.75, 3.05) is 11.1 Å². The van der Waals surface area contributed by atoms with Gasteiger partial charge in [-0.2, -0.15) is 5.26 Å². The number of hydrogen-bond acceptors (Lipinski definition) is 4. The van der Waals surface area contributed by atoms with E-state index in [1.165, 1.54) is 30.3 Å². The van der Waals surface area contributed by atoms with Gasteiger partial charge in [0.15, 0.2) is 0 Å². The molecule has 2 aromatic rings. The normalized spacial score (nSPS) is 9.80. The van der Waals surface area contributed by atoms with E-state index < -0.39 is 11.7 Å². The topological polar surface area (TPSA) is 105 Å². The lowest BCUT2D eigenvalue weighted by Crippen LogP contribution is -2.11. The lowest BCUT2D eigenvalue weighted by molar-refractivity contribution is 0.100. The zero-order valence-electron chi connectivity index (χ0n) is 10.4. The van der Waals surface area contributed by atoms with E-state index in [1.54, 1.807) is 0 Å². The maximum atomic E-state index is 13.8. The van der Waals surface area contributed by atoms with Crippen LogP contribution in [0.2, 0.25) is 0 Å². The molecule has 0 aliphatic carbocycles. The number of nitrogen functional groups attached to an aromatic ring is 1. The zero-order chi connectivity index (χ0) is 14.7. The molecule has 0 unspecified atom stereocenters. The first-order chi connectivity index (χ1) is 9.51. The van der Waals surface area contributed by atoms with Gasteiger partial charge in [-0.3, -0.25) is 4.79 Å². The molecular formula is C14H11FN4O. The molecule has 0 spiro atoms. The van der Waals surface area contributed by atoms with E-state index >= 15 is 0 Å². The highest BCUT2D eigenvalue weighted by atomic mass is 19.1.